The molecule has 116 valence electrons. The highest BCUT2D eigenvalue weighted by molar-refractivity contribution is 5.76. The molecule has 0 aromatic carbocycles. The van der Waals surface area contributed by atoms with Crippen molar-refractivity contribution in [3.05, 3.63) is 0 Å². The number of carbonyl (C=O) groups is 1. The zero-order valence-electron chi connectivity index (χ0n) is 13.2. The first-order chi connectivity index (χ1) is 9.54. The number of carbonyl (C=O) groups excluding carboxylic acids is 1. The van der Waals surface area contributed by atoms with Gasteiger partial charge >= 0.3 is 0 Å². The van der Waals surface area contributed by atoms with Gasteiger partial charge in [-0.3, -0.25) is 4.79 Å². The third kappa shape index (κ3) is 4.76. The van der Waals surface area contributed by atoms with Gasteiger partial charge in [-0.05, 0) is 56.8 Å². The van der Waals surface area contributed by atoms with Gasteiger partial charge in [0.15, 0.2) is 0 Å². The van der Waals surface area contributed by atoms with E-state index >= 15 is 0 Å². The molecule has 3 heteroatoms. The molecule has 1 amide bonds. The average Bonchev–Trinajstić information content (AvgIpc) is 2.39. The largest absolute Gasteiger partial charge is 0.369 e. The first-order valence-corrected chi connectivity index (χ1v) is 8.60. The van der Waals surface area contributed by atoms with Gasteiger partial charge in [-0.25, -0.2) is 0 Å². The Labute approximate surface area is 124 Å². The van der Waals surface area contributed by atoms with Crippen LogP contribution in [0.5, 0.6) is 0 Å². The van der Waals surface area contributed by atoms with E-state index in [0.29, 0.717) is 12.1 Å². The second-order valence-electron chi connectivity index (χ2n) is 7.48. The molecular formula is C17H32N2O. The topological polar surface area (TPSA) is 55.1 Å². The normalized spacial score (nSPS) is 35.1. The summed E-state index contributed by atoms with van der Waals surface area (Å²) in [5.74, 6) is 1.78. The molecule has 2 saturated carbocycles. The summed E-state index contributed by atoms with van der Waals surface area (Å²) in [6, 6.07) is 1.33. The van der Waals surface area contributed by atoms with E-state index in [1.165, 1.54) is 32.1 Å². The molecule has 0 spiro atoms. The van der Waals surface area contributed by atoms with Gasteiger partial charge in [0, 0.05) is 18.0 Å². The zero-order valence-corrected chi connectivity index (χ0v) is 13.2. The summed E-state index contributed by atoms with van der Waals surface area (Å²) in [6.07, 6.45) is 11.1. The maximum absolute atomic E-state index is 11.2. The molecule has 2 aliphatic carbocycles. The summed E-state index contributed by atoms with van der Waals surface area (Å²) in [5.41, 5.74) is 5.40. The standard InChI is InChI=1S/C17H32N2O/c1-12(2)10-13-4-3-5-16(11-13)19-15-8-6-14(7-9-15)17(18)20/h12-16,19H,3-11H2,1-2H3,(H2,18,20). The van der Waals surface area contributed by atoms with E-state index in [-0.39, 0.29) is 11.8 Å². The van der Waals surface area contributed by atoms with Gasteiger partial charge in [0.05, 0.1) is 0 Å². The van der Waals surface area contributed by atoms with Crippen molar-refractivity contribution in [2.45, 2.75) is 83.7 Å². The molecule has 3 nitrogen and oxygen atoms in total. The van der Waals surface area contributed by atoms with Crippen LogP contribution in [-0.4, -0.2) is 18.0 Å². The first kappa shape index (κ1) is 15.8. The second kappa shape index (κ2) is 7.44. The van der Waals surface area contributed by atoms with Crippen molar-refractivity contribution in [1.29, 1.82) is 0 Å². The van der Waals surface area contributed by atoms with Gasteiger partial charge in [0.2, 0.25) is 5.91 Å². The average molecular weight is 280 g/mol. The number of rotatable bonds is 5. The number of hydrogen-bond donors (Lipinski definition) is 2. The Balaban J connectivity index is 1.72. The highest BCUT2D eigenvalue weighted by atomic mass is 16.1. The molecule has 0 aromatic heterocycles. The lowest BCUT2D eigenvalue weighted by Gasteiger charge is -2.35. The monoisotopic (exact) mass is 280 g/mol. The smallest absolute Gasteiger partial charge is 0.220 e. The highest BCUT2D eigenvalue weighted by Gasteiger charge is 2.28. The number of nitrogens with one attached hydrogen (secondary N) is 1. The van der Waals surface area contributed by atoms with E-state index < -0.39 is 0 Å². The molecule has 2 aliphatic rings. The predicted molar refractivity (Wildman–Crippen MR) is 83.3 cm³/mol. The van der Waals surface area contributed by atoms with Crippen molar-refractivity contribution < 1.29 is 4.79 Å². The van der Waals surface area contributed by atoms with Crippen LogP contribution in [-0.2, 0) is 4.79 Å². The fraction of sp³-hybridized carbons (Fsp3) is 0.941. The first-order valence-electron chi connectivity index (χ1n) is 8.60. The van der Waals surface area contributed by atoms with Gasteiger partial charge < -0.3 is 11.1 Å². The SMILES string of the molecule is CC(C)CC1CCCC(NC2CCC(C(N)=O)CC2)C1. The quantitative estimate of drug-likeness (QED) is 0.812. The zero-order chi connectivity index (χ0) is 14.5. The van der Waals surface area contributed by atoms with Crippen LogP contribution in [0, 0.1) is 17.8 Å². The maximum Gasteiger partial charge on any atom is 0.220 e. The lowest BCUT2D eigenvalue weighted by atomic mass is 9.80. The molecule has 0 heterocycles. The molecule has 0 aliphatic heterocycles. The number of primary amides is 1. The van der Waals surface area contributed by atoms with Crippen LogP contribution in [0.15, 0.2) is 0 Å². The minimum absolute atomic E-state index is 0.0990. The second-order valence-corrected chi connectivity index (χ2v) is 7.48. The van der Waals surface area contributed by atoms with Crippen molar-refractivity contribution in [3.63, 3.8) is 0 Å². The number of hydrogen-bond acceptors (Lipinski definition) is 2. The summed E-state index contributed by atoms with van der Waals surface area (Å²) in [6.45, 7) is 4.67. The van der Waals surface area contributed by atoms with E-state index in [1.807, 2.05) is 0 Å². The Morgan fingerprint density at radius 3 is 2.40 bits per heavy atom. The van der Waals surface area contributed by atoms with Crippen LogP contribution in [0.25, 0.3) is 0 Å². The van der Waals surface area contributed by atoms with Gasteiger partial charge in [-0.1, -0.05) is 26.7 Å². The van der Waals surface area contributed by atoms with Crippen molar-refractivity contribution in [3.8, 4) is 0 Å². The lowest BCUT2D eigenvalue weighted by Crippen LogP contribution is -2.44. The molecular weight excluding hydrogens is 248 g/mol. The molecule has 0 aromatic rings. The Hall–Kier alpha value is -0.570. The fourth-order valence-electron chi connectivity index (χ4n) is 4.20. The summed E-state index contributed by atoms with van der Waals surface area (Å²) >= 11 is 0. The Kier molecular flexibility index (Phi) is 5.88. The van der Waals surface area contributed by atoms with Crippen LogP contribution in [0.3, 0.4) is 0 Å². The van der Waals surface area contributed by atoms with Gasteiger partial charge in [-0.15, -0.1) is 0 Å². The van der Waals surface area contributed by atoms with E-state index in [4.69, 9.17) is 5.73 Å². The van der Waals surface area contributed by atoms with E-state index in [0.717, 1.165) is 37.5 Å². The van der Waals surface area contributed by atoms with Crippen molar-refractivity contribution in [2.75, 3.05) is 0 Å². The van der Waals surface area contributed by atoms with Crippen molar-refractivity contribution in [1.82, 2.24) is 5.32 Å². The Morgan fingerprint density at radius 1 is 1.10 bits per heavy atom. The van der Waals surface area contributed by atoms with Crippen LogP contribution in [0.2, 0.25) is 0 Å². The van der Waals surface area contributed by atoms with Crippen LogP contribution >= 0.6 is 0 Å². The van der Waals surface area contributed by atoms with Crippen molar-refractivity contribution in [2.24, 2.45) is 23.5 Å². The summed E-state index contributed by atoms with van der Waals surface area (Å²) in [5, 5.41) is 3.87. The molecule has 2 atom stereocenters. The van der Waals surface area contributed by atoms with Gasteiger partial charge in [0.25, 0.3) is 0 Å². The van der Waals surface area contributed by atoms with Crippen molar-refractivity contribution >= 4 is 5.91 Å². The summed E-state index contributed by atoms with van der Waals surface area (Å²) in [7, 11) is 0. The molecule has 0 bridgehead atoms. The molecule has 2 rings (SSSR count). The highest BCUT2D eigenvalue weighted by Crippen LogP contribution is 2.31. The van der Waals surface area contributed by atoms with E-state index in [1.54, 1.807) is 0 Å². The third-order valence-corrected chi connectivity index (χ3v) is 5.19. The fourth-order valence-corrected chi connectivity index (χ4v) is 4.20. The third-order valence-electron chi connectivity index (χ3n) is 5.19. The molecule has 2 unspecified atom stereocenters. The summed E-state index contributed by atoms with van der Waals surface area (Å²) < 4.78 is 0. The number of nitrogens with two attached hydrogens (primary N) is 1. The van der Waals surface area contributed by atoms with E-state index in [2.05, 4.69) is 19.2 Å². The summed E-state index contributed by atoms with van der Waals surface area (Å²) in [4.78, 5) is 11.2. The van der Waals surface area contributed by atoms with E-state index in [9.17, 15) is 4.79 Å². The minimum atomic E-state index is -0.0990. The number of amides is 1. The van der Waals surface area contributed by atoms with Gasteiger partial charge in [-0.2, -0.15) is 0 Å². The van der Waals surface area contributed by atoms with Gasteiger partial charge in [0.1, 0.15) is 0 Å². The van der Waals surface area contributed by atoms with Crippen LogP contribution < -0.4 is 11.1 Å². The molecule has 20 heavy (non-hydrogen) atoms. The molecule has 2 fully saturated rings. The molecule has 3 N–H and O–H groups in total. The molecule has 0 saturated heterocycles. The Bertz CT molecular complexity index is 308. The lowest BCUT2D eigenvalue weighted by molar-refractivity contribution is -0.122. The minimum Gasteiger partial charge on any atom is -0.369 e. The van der Waals surface area contributed by atoms with Crippen LogP contribution in [0.1, 0.15) is 71.6 Å². The predicted octanol–water partition coefficient (Wildman–Crippen LogP) is 3.23. The maximum atomic E-state index is 11.2. The van der Waals surface area contributed by atoms with Crippen LogP contribution in [0.4, 0.5) is 0 Å². The molecule has 0 radical (unpaired) electrons. The Morgan fingerprint density at radius 2 is 1.80 bits per heavy atom.